The number of hydrogen-bond acceptors (Lipinski definition) is 2. The van der Waals surface area contributed by atoms with Crippen molar-refractivity contribution in [1.29, 1.82) is 0 Å². The van der Waals surface area contributed by atoms with Crippen molar-refractivity contribution in [3.8, 4) is 16.9 Å². The smallest absolute Gasteiger partial charge is 0.336 e. The van der Waals surface area contributed by atoms with Crippen LogP contribution in [0.3, 0.4) is 0 Å². The average molecular weight is 379 g/mol. The molecular weight excluding hydrogens is 364 g/mol. The third kappa shape index (κ3) is 4.43. The van der Waals surface area contributed by atoms with E-state index < -0.39 is 5.97 Å². The number of benzene rings is 3. The lowest BCUT2D eigenvalue weighted by atomic mass is 10.0. The summed E-state index contributed by atoms with van der Waals surface area (Å²) >= 11 is 3.34. The molecule has 24 heavy (non-hydrogen) atoms. The zero-order chi connectivity index (χ0) is 16.8. The first kappa shape index (κ1) is 16.2. The Labute approximate surface area is 149 Å². The minimum atomic E-state index is -0.399. The van der Waals surface area contributed by atoms with Crippen LogP contribution >= 0.6 is 15.9 Å². The molecule has 0 N–H and O–H groups in total. The van der Waals surface area contributed by atoms with Gasteiger partial charge in [-0.1, -0.05) is 70.5 Å². The number of ether oxygens (including phenoxy) is 1. The van der Waals surface area contributed by atoms with Gasteiger partial charge in [-0.3, -0.25) is 0 Å². The maximum Gasteiger partial charge on any atom is 0.336 e. The monoisotopic (exact) mass is 378 g/mol. The normalized spacial score (nSPS) is 10.7. The molecule has 0 aliphatic rings. The van der Waals surface area contributed by atoms with Gasteiger partial charge in [0.25, 0.3) is 0 Å². The first-order valence-electron chi connectivity index (χ1n) is 7.52. The highest BCUT2D eigenvalue weighted by atomic mass is 79.9. The van der Waals surface area contributed by atoms with Gasteiger partial charge in [-0.2, -0.15) is 0 Å². The molecule has 0 saturated carbocycles. The molecule has 0 heterocycles. The zero-order valence-electron chi connectivity index (χ0n) is 12.9. The van der Waals surface area contributed by atoms with Gasteiger partial charge in [-0.15, -0.1) is 0 Å². The van der Waals surface area contributed by atoms with Crippen LogP contribution in [0.4, 0.5) is 0 Å². The van der Waals surface area contributed by atoms with Crippen molar-refractivity contribution in [2.24, 2.45) is 0 Å². The molecule has 0 fully saturated rings. The predicted octanol–water partition coefficient (Wildman–Crippen LogP) is 5.73. The molecule has 0 amide bonds. The summed E-state index contributed by atoms with van der Waals surface area (Å²) in [5.74, 6) is 0.122. The number of halogens is 1. The maximum atomic E-state index is 11.8. The lowest BCUT2D eigenvalue weighted by Crippen LogP contribution is -2.03. The molecule has 0 radical (unpaired) electrons. The van der Waals surface area contributed by atoms with E-state index in [1.54, 1.807) is 18.2 Å². The van der Waals surface area contributed by atoms with Crippen LogP contribution in [0.1, 0.15) is 5.56 Å². The van der Waals surface area contributed by atoms with Gasteiger partial charge in [0.15, 0.2) is 0 Å². The van der Waals surface area contributed by atoms with Crippen molar-refractivity contribution in [3.05, 3.63) is 95.0 Å². The van der Waals surface area contributed by atoms with Crippen molar-refractivity contribution in [2.75, 3.05) is 0 Å². The number of hydrogen-bond donors (Lipinski definition) is 0. The molecule has 3 heteroatoms. The standard InChI is InChI=1S/C21H15BrO2/c22-19-11-13-20(14-12-19)24-21(23)15-8-16-6-9-18(10-7-16)17-4-2-1-3-5-17/h1-15H/b15-8+. The summed E-state index contributed by atoms with van der Waals surface area (Å²) in [5, 5.41) is 0. The van der Waals surface area contributed by atoms with Crippen LogP contribution < -0.4 is 4.74 Å². The molecule has 0 aliphatic carbocycles. The first-order valence-corrected chi connectivity index (χ1v) is 8.31. The SMILES string of the molecule is O=C(/C=C/c1ccc(-c2ccccc2)cc1)Oc1ccc(Br)cc1. The third-order valence-corrected chi connectivity index (χ3v) is 3.99. The van der Waals surface area contributed by atoms with E-state index in [1.807, 2.05) is 54.6 Å². The summed E-state index contributed by atoms with van der Waals surface area (Å²) < 4.78 is 6.18. The molecule has 3 aromatic carbocycles. The van der Waals surface area contributed by atoms with E-state index in [-0.39, 0.29) is 0 Å². The van der Waals surface area contributed by atoms with Crippen molar-refractivity contribution in [1.82, 2.24) is 0 Å². The lowest BCUT2D eigenvalue weighted by Gasteiger charge is -2.02. The van der Waals surface area contributed by atoms with Gasteiger partial charge >= 0.3 is 5.97 Å². The Balaban J connectivity index is 1.64. The highest BCUT2D eigenvalue weighted by molar-refractivity contribution is 9.10. The first-order chi connectivity index (χ1) is 11.7. The van der Waals surface area contributed by atoms with Crippen LogP contribution in [0.2, 0.25) is 0 Å². The fourth-order valence-electron chi connectivity index (χ4n) is 2.23. The van der Waals surface area contributed by atoms with E-state index in [2.05, 4.69) is 28.1 Å². The molecule has 3 rings (SSSR count). The van der Waals surface area contributed by atoms with Gasteiger partial charge in [-0.25, -0.2) is 4.79 Å². The molecule has 0 spiro atoms. The average Bonchev–Trinajstić information content (AvgIpc) is 2.63. The number of esters is 1. The Kier molecular flexibility index (Phi) is 5.24. The van der Waals surface area contributed by atoms with Gasteiger partial charge in [0, 0.05) is 10.5 Å². The Morgan fingerprint density at radius 1 is 0.792 bits per heavy atom. The molecule has 0 unspecified atom stereocenters. The number of carbonyl (C=O) groups excluding carboxylic acids is 1. The van der Waals surface area contributed by atoms with E-state index in [4.69, 9.17) is 4.74 Å². The molecule has 0 bridgehead atoms. The lowest BCUT2D eigenvalue weighted by molar-refractivity contribution is -0.128. The van der Waals surface area contributed by atoms with Crippen molar-refractivity contribution in [2.45, 2.75) is 0 Å². The minimum absolute atomic E-state index is 0.399. The van der Waals surface area contributed by atoms with Gasteiger partial charge in [-0.05, 0) is 47.0 Å². The van der Waals surface area contributed by atoms with Crippen molar-refractivity contribution < 1.29 is 9.53 Å². The molecule has 0 aromatic heterocycles. The molecule has 0 atom stereocenters. The quantitative estimate of drug-likeness (QED) is 0.329. The van der Waals surface area contributed by atoms with Crippen LogP contribution in [0.15, 0.2) is 89.4 Å². The summed E-state index contributed by atoms with van der Waals surface area (Å²) in [6, 6.07) is 25.3. The topological polar surface area (TPSA) is 26.3 Å². The molecule has 0 saturated heterocycles. The van der Waals surface area contributed by atoms with E-state index in [0.717, 1.165) is 15.6 Å². The van der Waals surface area contributed by atoms with Crippen LogP contribution in [0, 0.1) is 0 Å². The summed E-state index contributed by atoms with van der Waals surface area (Å²) in [5.41, 5.74) is 3.26. The Morgan fingerprint density at radius 3 is 2.08 bits per heavy atom. The maximum absolute atomic E-state index is 11.8. The summed E-state index contributed by atoms with van der Waals surface area (Å²) in [6.07, 6.45) is 3.18. The largest absolute Gasteiger partial charge is 0.423 e. The zero-order valence-corrected chi connectivity index (χ0v) is 14.4. The highest BCUT2D eigenvalue weighted by Crippen LogP contribution is 2.20. The Hall–Kier alpha value is -2.65. The second-order valence-corrected chi connectivity index (χ2v) is 6.11. The van der Waals surface area contributed by atoms with E-state index in [0.29, 0.717) is 5.75 Å². The number of carbonyl (C=O) groups is 1. The van der Waals surface area contributed by atoms with Gasteiger partial charge < -0.3 is 4.74 Å². The molecule has 118 valence electrons. The van der Waals surface area contributed by atoms with Gasteiger partial charge in [0.2, 0.25) is 0 Å². The summed E-state index contributed by atoms with van der Waals surface area (Å²) in [6.45, 7) is 0. The summed E-state index contributed by atoms with van der Waals surface area (Å²) in [4.78, 5) is 11.8. The van der Waals surface area contributed by atoms with Crippen LogP contribution in [-0.2, 0) is 4.79 Å². The highest BCUT2D eigenvalue weighted by Gasteiger charge is 2.01. The molecular formula is C21H15BrO2. The van der Waals surface area contributed by atoms with Crippen LogP contribution in [-0.4, -0.2) is 5.97 Å². The van der Waals surface area contributed by atoms with E-state index in [1.165, 1.54) is 11.6 Å². The minimum Gasteiger partial charge on any atom is -0.423 e. The second-order valence-electron chi connectivity index (χ2n) is 5.20. The third-order valence-electron chi connectivity index (χ3n) is 3.46. The second kappa shape index (κ2) is 7.75. The summed E-state index contributed by atoms with van der Waals surface area (Å²) in [7, 11) is 0. The fourth-order valence-corrected chi connectivity index (χ4v) is 2.50. The molecule has 0 aliphatic heterocycles. The number of rotatable bonds is 4. The van der Waals surface area contributed by atoms with E-state index >= 15 is 0 Å². The molecule has 2 nitrogen and oxygen atoms in total. The van der Waals surface area contributed by atoms with Crippen LogP contribution in [0.5, 0.6) is 5.75 Å². The predicted molar refractivity (Wildman–Crippen MR) is 101 cm³/mol. The van der Waals surface area contributed by atoms with Crippen molar-refractivity contribution >= 4 is 28.0 Å². The Bertz CT molecular complexity index is 835. The van der Waals surface area contributed by atoms with Gasteiger partial charge in [0.05, 0.1) is 0 Å². The Morgan fingerprint density at radius 2 is 1.42 bits per heavy atom. The van der Waals surface area contributed by atoms with Gasteiger partial charge in [0.1, 0.15) is 5.75 Å². The van der Waals surface area contributed by atoms with Crippen LogP contribution in [0.25, 0.3) is 17.2 Å². The van der Waals surface area contributed by atoms with E-state index in [9.17, 15) is 4.79 Å². The van der Waals surface area contributed by atoms with Crippen molar-refractivity contribution in [3.63, 3.8) is 0 Å². The fraction of sp³-hybridized carbons (Fsp3) is 0. The molecule has 3 aromatic rings.